The highest BCUT2D eigenvalue weighted by Crippen LogP contribution is 2.45. The third-order valence-electron chi connectivity index (χ3n) is 16.6. The number of carbonyl (C=O) groups excluding carboxylic acids is 4. The summed E-state index contributed by atoms with van der Waals surface area (Å²) in [5.41, 5.74) is 0. The lowest BCUT2D eigenvalue weighted by molar-refractivity contribution is -0.161. The standard InChI is InChI=1S/C79H142O17P2/c1-5-9-13-17-21-25-29-33-35-36-38-41-44-48-52-56-60-64-77(82)90-70-74(95-78(83)65-61-57-53-49-45-40-32-28-24-20-16-12-8-4)71-93-97(85,86)91-67-73(80)68-92-98(87,88)94-72-75(69-89-76(81)63-59-55-51-47-43-39-31-27-23-19-15-11-7-3)96-79(84)66-62-58-54-50-46-42-37-34-30-26-22-18-14-10-6-2/h21,25,28,32-35,37-38,41,48,52,73-75,80H,5-20,22-24,26-27,29-31,36,39-40,42-47,49-51,53-72H2,1-4H3,(H,85,86)(H,87,88)/b25-21-,32-28-,35-33-,37-34-,41-38-,52-48-/t73-,74-,75-/m1/s1. The van der Waals surface area contributed by atoms with Gasteiger partial charge < -0.3 is 33.8 Å². The van der Waals surface area contributed by atoms with E-state index < -0.39 is 97.5 Å². The Hall–Kier alpha value is -3.50. The van der Waals surface area contributed by atoms with Gasteiger partial charge in [-0.05, 0) is 116 Å². The van der Waals surface area contributed by atoms with E-state index in [-0.39, 0.29) is 25.7 Å². The number of ether oxygens (including phenoxy) is 4. The Morgan fingerprint density at radius 2 is 0.510 bits per heavy atom. The molecule has 0 aromatic carbocycles. The van der Waals surface area contributed by atoms with E-state index in [4.69, 9.17) is 37.0 Å². The molecule has 0 bridgehead atoms. The number of phosphoric ester groups is 2. The molecule has 98 heavy (non-hydrogen) atoms. The molecule has 19 heteroatoms. The Balaban J connectivity index is 5.37. The zero-order valence-electron chi connectivity index (χ0n) is 62.2. The number of rotatable bonds is 74. The first-order chi connectivity index (χ1) is 47.7. The first kappa shape index (κ1) is 94.5. The Morgan fingerprint density at radius 1 is 0.286 bits per heavy atom. The van der Waals surface area contributed by atoms with Crippen molar-refractivity contribution >= 4 is 39.5 Å². The van der Waals surface area contributed by atoms with Crippen LogP contribution in [0.4, 0.5) is 0 Å². The quantitative estimate of drug-likeness (QED) is 0.0169. The maximum atomic E-state index is 13.1. The van der Waals surface area contributed by atoms with Crippen LogP contribution in [0.1, 0.15) is 349 Å². The van der Waals surface area contributed by atoms with E-state index >= 15 is 0 Å². The molecule has 0 aliphatic carbocycles. The fourth-order valence-corrected chi connectivity index (χ4v) is 12.2. The van der Waals surface area contributed by atoms with Crippen LogP contribution in [0.2, 0.25) is 0 Å². The minimum Gasteiger partial charge on any atom is -0.462 e. The first-order valence-electron chi connectivity index (χ1n) is 39.2. The van der Waals surface area contributed by atoms with Crippen molar-refractivity contribution in [1.29, 1.82) is 0 Å². The van der Waals surface area contributed by atoms with E-state index in [2.05, 4.69) is 88.5 Å². The highest BCUT2D eigenvalue weighted by Gasteiger charge is 2.30. The lowest BCUT2D eigenvalue weighted by Gasteiger charge is -2.21. The molecule has 0 radical (unpaired) electrons. The van der Waals surface area contributed by atoms with Crippen molar-refractivity contribution in [3.05, 3.63) is 72.9 Å². The summed E-state index contributed by atoms with van der Waals surface area (Å²) in [4.78, 5) is 72.8. The Labute approximate surface area is 596 Å². The van der Waals surface area contributed by atoms with Gasteiger partial charge in [0.05, 0.1) is 26.4 Å². The molecule has 0 rings (SSSR count). The predicted molar refractivity (Wildman–Crippen MR) is 400 cm³/mol. The molecule has 0 heterocycles. The molecule has 0 saturated heterocycles. The zero-order valence-corrected chi connectivity index (χ0v) is 64.0. The number of hydrogen-bond donors (Lipinski definition) is 3. The summed E-state index contributed by atoms with van der Waals surface area (Å²) in [5.74, 6) is -2.23. The SMILES string of the molecule is CCCCC/C=C\C/C=C\C/C=C\C/C=C\CCCC(=O)OC[C@H](COP(=O)(O)OC[C@@H](O)COP(=O)(O)OC[C@@H](COC(=O)CCCCCCCCCCCCCCC)OC(=O)CCCCCCC/C=C\CCCCCCCC)OC(=O)CCCCCCC/C=C\CCCCCC. The van der Waals surface area contributed by atoms with Crippen molar-refractivity contribution in [2.75, 3.05) is 39.6 Å². The van der Waals surface area contributed by atoms with Gasteiger partial charge in [-0.2, -0.15) is 0 Å². The van der Waals surface area contributed by atoms with Gasteiger partial charge in [-0.3, -0.25) is 37.3 Å². The topological polar surface area (TPSA) is 237 Å². The van der Waals surface area contributed by atoms with Crippen molar-refractivity contribution in [2.24, 2.45) is 0 Å². The van der Waals surface area contributed by atoms with E-state index in [1.807, 2.05) is 12.2 Å². The van der Waals surface area contributed by atoms with E-state index in [0.29, 0.717) is 32.1 Å². The summed E-state index contributed by atoms with van der Waals surface area (Å²) < 4.78 is 68.4. The second-order valence-electron chi connectivity index (χ2n) is 26.3. The average molecular weight is 1430 g/mol. The summed E-state index contributed by atoms with van der Waals surface area (Å²) in [5, 5.41) is 10.6. The van der Waals surface area contributed by atoms with Crippen LogP contribution in [0.3, 0.4) is 0 Å². The van der Waals surface area contributed by atoms with Crippen LogP contribution in [0, 0.1) is 0 Å². The van der Waals surface area contributed by atoms with Crippen molar-refractivity contribution in [3.63, 3.8) is 0 Å². The maximum Gasteiger partial charge on any atom is 0.472 e. The van der Waals surface area contributed by atoms with Gasteiger partial charge in [0.2, 0.25) is 0 Å². The van der Waals surface area contributed by atoms with Crippen LogP contribution >= 0.6 is 15.6 Å². The number of phosphoric acid groups is 2. The van der Waals surface area contributed by atoms with Gasteiger partial charge in [-0.1, -0.05) is 280 Å². The fraction of sp³-hybridized carbons (Fsp3) is 0.797. The van der Waals surface area contributed by atoms with Gasteiger partial charge in [-0.15, -0.1) is 0 Å². The second-order valence-corrected chi connectivity index (χ2v) is 29.2. The highest BCUT2D eigenvalue weighted by atomic mass is 31.2. The number of aliphatic hydroxyl groups excluding tert-OH is 1. The van der Waals surface area contributed by atoms with Crippen LogP contribution < -0.4 is 0 Å². The zero-order chi connectivity index (χ0) is 71.8. The summed E-state index contributed by atoms with van der Waals surface area (Å²) in [7, 11) is -9.96. The molecule has 0 aromatic rings. The first-order valence-corrected chi connectivity index (χ1v) is 42.2. The van der Waals surface area contributed by atoms with E-state index in [1.54, 1.807) is 0 Å². The fourth-order valence-electron chi connectivity index (χ4n) is 10.6. The molecule has 0 amide bonds. The van der Waals surface area contributed by atoms with Gasteiger partial charge in [0.15, 0.2) is 12.2 Å². The van der Waals surface area contributed by atoms with Gasteiger partial charge >= 0.3 is 39.5 Å². The molecule has 2 unspecified atom stereocenters. The predicted octanol–water partition coefficient (Wildman–Crippen LogP) is 22.4. The number of aliphatic hydroxyl groups is 1. The molecule has 0 saturated carbocycles. The molecule has 3 N–H and O–H groups in total. The molecule has 0 aliphatic heterocycles. The summed E-state index contributed by atoms with van der Waals surface area (Å²) >= 11 is 0. The molecule has 570 valence electrons. The van der Waals surface area contributed by atoms with Crippen molar-refractivity contribution in [1.82, 2.24) is 0 Å². The minimum absolute atomic E-state index is 0.0755. The summed E-state index contributed by atoms with van der Waals surface area (Å²) in [6.45, 7) is 4.79. The summed E-state index contributed by atoms with van der Waals surface area (Å²) in [6.07, 6.45) is 71.8. The van der Waals surface area contributed by atoms with Crippen molar-refractivity contribution in [3.8, 4) is 0 Å². The van der Waals surface area contributed by atoms with Gasteiger partial charge in [-0.25, -0.2) is 9.13 Å². The van der Waals surface area contributed by atoms with Crippen LogP contribution in [0.15, 0.2) is 72.9 Å². The number of hydrogen-bond acceptors (Lipinski definition) is 15. The van der Waals surface area contributed by atoms with E-state index in [1.165, 1.54) is 141 Å². The third-order valence-corrected chi connectivity index (χ3v) is 18.5. The highest BCUT2D eigenvalue weighted by molar-refractivity contribution is 7.47. The Bertz CT molecular complexity index is 2140. The van der Waals surface area contributed by atoms with E-state index in [0.717, 1.165) is 122 Å². The van der Waals surface area contributed by atoms with Crippen molar-refractivity contribution in [2.45, 2.75) is 367 Å². The molecule has 0 spiro atoms. The van der Waals surface area contributed by atoms with E-state index in [9.17, 15) is 43.2 Å². The molecule has 0 fully saturated rings. The Kier molecular flexibility index (Phi) is 69.3. The average Bonchev–Trinajstić information content (AvgIpc) is 0.962. The molecule has 0 aromatic heterocycles. The summed E-state index contributed by atoms with van der Waals surface area (Å²) in [6, 6.07) is 0. The van der Waals surface area contributed by atoms with Crippen molar-refractivity contribution < 1.29 is 80.2 Å². The molecular weight excluding hydrogens is 1280 g/mol. The number of carbonyl (C=O) groups is 4. The number of allylic oxidation sites excluding steroid dienone is 12. The van der Waals surface area contributed by atoms with Gasteiger partial charge in [0.25, 0.3) is 0 Å². The smallest absolute Gasteiger partial charge is 0.462 e. The Morgan fingerprint density at radius 3 is 0.847 bits per heavy atom. The molecule has 17 nitrogen and oxygen atoms in total. The lowest BCUT2D eigenvalue weighted by atomic mass is 10.0. The monoisotopic (exact) mass is 1420 g/mol. The van der Waals surface area contributed by atoms with Crippen LogP contribution in [0.25, 0.3) is 0 Å². The lowest BCUT2D eigenvalue weighted by Crippen LogP contribution is -2.30. The van der Waals surface area contributed by atoms with Crippen LogP contribution in [-0.4, -0.2) is 96.7 Å². The number of unbranched alkanes of at least 4 members (excludes halogenated alkanes) is 36. The largest absolute Gasteiger partial charge is 0.472 e. The number of esters is 4. The van der Waals surface area contributed by atoms with Crippen LogP contribution in [-0.2, 0) is 65.4 Å². The van der Waals surface area contributed by atoms with Gasteiger partial charge in [0, 0.05) is 25.7 Å². The molecule has 5 atom stereocenters. The second kappa shape index (κ2) is 71.9. The molecule has 0 aliphatic rings. The molecular formula is C79H142O17P2. The maximum absolute atomic E-state index is 13.1. The van der Waals surface area contributed by atoms with Crippen LogP contribution in [0.5, 0.6) is 0 Å². The van der Waals surface area contributed by atoms with Gasteiger partial charge in [0.1, 0.15) is 19.3 Å². The minimum atomic E-state index is -4.98. The normalized spacial score (nSPS) is 14.3. The third kappa shape index (κ3) is 70.9.